The summed E-state index contributed by atoms with van der Waals surface area (Å²) in [6.07, 6.45) is 3.00. The Kier molecular flexibility index (Phi) is 7.72. The van der Waals surface area contributed by atoms with Crippen LogP contribution >= 0.6 is 11.8 Å². The number of aliphatic hydroxyl groups is 1. The van der Waals surface area contributed by atoms with Gasteiger partial charge in [0.1, 0.15) is 0 Å². The van der Waals surface area contributed by atoms with Crippen molar-refractivity contribution in [2.75, 3.05) is 25.2 Å². The molecule has 0 aliphatic rings. The molecular formula is C7H15NO2S. The topological polar surface area (TPSA) is 49.3 Å². The van der Waals surface area contributed by atoms with Crippen molar-refractivity contribution in [2.45, 2.75) is 12.8 Å². The molecule has 0 bridgehead atoms. The van der Waals surface area contributed by atoms with Crippen LogP contribution in [0.1, 0.15) is 12.8 Å². The molecule has 2 N–H and O–H groups in total. The maximum Gasteiger partial charge on any atom is 0.220 e. The number of thioether (sulfide) groups is 1. The van der Waals surface area contributed by atoms with Crippen molar-refractivity contribution in [2.24, 2.45) is 0 Å². The number of aliphatic hydroxyl groups excluding tert-OH is 1. The molecule has 0 aliphatic carbocycles. The first-order valence-electron chi connectivity index (χ1n) is 3.67. The molecule has 1 amide bonds. The van der Waals surface area contributed by atoms with Gasteiger partial charge in [0.25, 0.3) is 0 Å². The van der Waals surface area contributed by atoms with Crippen molar-refractivity contribution in [3.8, 4) is 0 Å². The van der Waals surface area contributed by atoms with Gasteiger partial charge in [-0.25, -0.2) is 0 Å². The van der Waals surface area contributed by atoms with E-state index in [1.165, 1.54) is 0 Å². The summed E-state index contributed by atoms with van der Waals surface area (Å²) in [4.78, 5) is 10.8. The second-order valence-corrected chi connectivity index (χ2v) is 3.16. The molecule has 0 unspecified atom stereocenters. The molecule has 0 rings (SSSR count). The Balaban J connectivity index is 3.09. The highest BCUT2D eigenvalue weighted by atomic mass is 32.2. The van der Waals surface area contributed by atoms with Gasteiger partial charge in [-0.2, -0.15) is 11.8 Å². The van der Waals surface area contributed by atoms with Crippen LogP contribution < -0.4 is 5.32 Å². The zero-order valence-corrected chi connectivity index (χ0v) is 7.62. The molecule has 0 fully saturated rings. The Labute approximate surface area is 71.6 Å². The molecule has 0 saturated carbocycles. The molecule has 0 aliphatic heterocycles. The summed E-state index contributed by atoms with van der Waals surface area (Å²) in [6, 6.07) is 0. The summed E-state index contributed by atoms with van der Waals surface area (Å²) in [5.41, 5.74) is 0. The summed E-state index contributed by atoms with van der Waals surface area (Å²) in [5.74, 6) is 0.985. The van der Waals surface area contributed by atoms with Crippen LogP contribution in [-0.2, 0) is 4.79 Å². The third kappa shape index (κ3) is 7.68. The molecule has 0 spiro atoms. The summed E-state index contributed by atoms with van der Waals surface area (Å²) < 4.78 is 0. The number of carbonyl (C=O) groups excluding carboxylic acids is 1. The second-order valence-electron chi connectivity index (χ2n) is 2.17. The van der Waals surface area contributed by atoms with E-state index in [0.717, 1.165) is 12.3 Å². The van der Waals surface area contributed by atoms with Crippen molar-refractivity contribution in [1.82, 2.24) is 5.32 Å². The van der Waals surface area contributed by atoms with Gasteiger partial charge in [0.2, 0.25) is 5.91 Å². The molecule has 0 aromatic carbocycles. The lowest BCUT2D eigenvalue weighted by Gasteiger charge is -2.01. The largest absolute Gasteiger partial charge is 0.396 e. The van der Waals surface area contributed by atoms with E-state index in [9.17, 15) is 4.79 Å². The van der Waals surface area contributed by atoms with Crippen LogP contribution in [0.4, 0.5) is 0 Å². The van der Waals surface area contributed by atoms with Gasteiger partial charge in [0, 0.05) is 25.3 Å². The number of hydrogen-bond acceptors (Lipinski definition) is 3. The highest BCUT2D eigenvalue weighted by molar-refractivity contribution is 7.98. The van der Waals surface area contributed by atoms with E-state index in [1.54, 1.807) is 11.8 Å². The average Bonchev–Trinajstić information content (AvgIpc) is 2.01. The number of nitrogens with one attached hydrogen (secondary N) is 1. The molecule has 4 heteroatoms. The molecule has 0 saturated heterocycles. The Morgan fingerprint density at radius 1 is 1.64 bits per heavy atom. The van der Waals surface area contributed by atoms with Gasteiger partial charge >= 0.3 is 0 Å². The lowest BCUT2D eigenvalue weighted by molar-refractivity contribution is -0.121. The second kappa shape index (κ2) is 7.88. The van der Waals surface area contributed by atoms with Gasteiger partial charge < -0.3 is 10.4 Å². The van der Waals surface area contributed by atoms with Crippen molar-refractivity contribution in [1.29, 1.82) is 0 Å². The van der Waals surface area contributed by atoms with Crippen LogP contribution in [0.25, 0.3) is 0 Å². The Bertz CT molecular complexity index is 109. The predicted molar refractivity (Wildman–Crippen MR) is 47.7 cm³/mol. The maximum absolute atomic E-state index is 10.8. The van der Waals surface area contributed by atoms with Gasteiger partial charge in [-0.3, -0.25) is 4.79 Å². The Hall–Kier alpha value is -0.220. The lowest BCUT2D eigenvalue weighted by atomic mass is 10.3. The SMILES string of the molecule is CSCCNC(=O)CCCO. The number of hydrogen-bond donors (Lipinski definition) is 2. The first-order valence-corrected chi connectivity index (χ1v) is 5.07. The van der Waals surface area contributed by atoms with E-state index in [1.807, 2.05) is 6.26 Å². The average molecular weight is 177 g/mol. The lowest BCUT2D eigenvalue weighted by Crippen LogP contribution is -2.25. The standard InChI is InChI=1S/C7H15NO2S/c1-11-6-4-8-7(10)3-2-5-9/h9H,2-6H2,1H3,(H,8,10). The van der Waals surface area contributed by atoms with Gasteiger partial charge in [-0.15, -0.1) is 0 Å². The molecule has 11 heavy (non-hydrogen) atoms. The number of amides is 1. The van der Waals surface area contributed by atoms with Crippen LogP contribution in [0, 0.1) is 0 Å². The maximum atomic E-state index is 10.8. The molecule has 66 valence electrons. The molecular weight excluding hydrogens is 162 g/mol. The number of rotatable bonds is 6. The van der Waals surface area contributed by atoms with Gasteiger partial charge in [0.05, 0.1) is 0 Å². The monoisotopic (exact) mass is 177 g/mol. The predicted octanol–water partition coefficient (Wildman–Crippen LogP) is 0.238. The minimum Gasteiger partial charge on any atom is -0.396 e. The van der Waals surface area contributed by atoms with Gasteiger partial charge in [-0.1, -0.05) is 0 Å². The van der Waals surface area contributed by atoms with Gasteiger partial charge in [0.15, 0.2) is 0 Å². The van der Waals surface area contributed by atoms with Crippen molar-refractivity contribution < 1.29 is 9.90 Å². The number of carbonyl (C=O) groups is 1. The minimum atomic E-state index is 0.0353. The van der Waals surface area contributed by atoms with Crippen LogP contribution in [0.5, 0.6) is 0 Å². The molecule has 0 heterocycles. The highest BCUT2D eigenvalue weighted by Gasteiger charge is 1.97. The fourth-order valence-corrected chi connectivity index (χ4v) is 0.927. The van der Waals surface area contributed by atoms with Crippen molar-refractivity contribution in [3.63, 3.8) is 0 Å². The van der Waals surface area contributed by atoms with E-state index in [-0.39, 0.29) is 12.5 Å². The molecule has 0 aromatic heterocycles. The van der Waals surface area contributed by atoms with E-state index in [4.69, 9.17) is 5.11 Å². The summed E-state index contributed by atoms with van der Waals surface area (Å²) in [5, 5.41) is 11.2. The molecule has 3 nitrogen and oxygen atoms in total. The smallest absolute Gasteiger partial charge is 0.220 e. The van der Waals surface area contributed by atoms with E-state index >= 15 is 0 Å². The van der Waals surface area contributed by atoms with Gasteiger partial charge in [-0.05, 0) is 12.7 Å². The Morgan fingerprint density at radius 3 is 2.91 bits per heavy atom. The zero-order chi connectivity index (χ0) is 8.53. The van der Waals surface area contributed by atoms with Crippen LogP contribution in [0.2, 0.25) is 0 Å². The van der Waals surface area contributed by atoms with E-state index in [2.05, 4.69) is 5.32 Å². The fourth-order valence-electron chi connectivity index (χ4n) is 0.621. The van der Waals surface area contributed by atoms with E-state index in [0.29, 0.717) is 12.8 Å². The summed E-state index contributed by atoms with van der Waals surface area (Å²) in [6.45, 7) is 0.821. The fraction of sp³-hybridized carbons (Fsp3) is 0.857. The normalized spacial score (nSPS) is 9.64. The highest BCUT2D eigenvalue weighted by Crippen LogP contribution is 1.89. The summed E-state index contributed by atoms with van der Waals surface area (Å²) >= 11 is 1.70. The van der Waals surface area contributed by atoms with Crippen LogP contribution in [0.15, 0.2) is 0 Å². The quantitative estimate of drug-likeness (QED) is 0.571. The summed E-state index contributed by atoms with van der Waals surface area (Å²) in [7, 11) is 0. The Morgan fingerprint density at radius 2 is 2.36 bits per heavy atom. The van der Waals surface area contributed by atoms with Crippen LogP contribution in [0.3, 0.4) is 0 Å². The van der Waals surface area contributed by atoms with Crippen LogP contribution in [-0.4, -0.2) is 36.2 Å². The van der Waals surface area contributed by atoms with Crippen molar-refractivity contribution >= 4 is 17.7 Å². The third-order valence-electron chi connectivity index (χ3n) is 1.19. The third-order valence-corrected chi connectivity index (χ3v) is 1.80. The molecule has 0 radical (unpaired) electrons. The van der Waals surface area contributed by atoms with E-state index < -0.39 is 0 Å². The first kappa shape index (κ1) is 10.8. The van der Waals surface area contributed by atoms with Crippen molar-refractivity contribution in [3.05, 3.63) is 0 Å². The molecule has 0 atom stereocenters. The molecule has 0 aromatic rings. The minimum absolute atomic E-state index is 0.0353. The first-order chi connectivity index (χ1) is 5.31. The zero-order valence-electron chi connectivity index (χ0n) is 6.80.